The minimum absolute atomic E-state index is 0.0647. The number of ether oxygens (including phenoxy) is 2. The fourth-order valence-electron chi connectivity index (χ4n) is 2.56. The Morgan fingerprint density at radius 2 is 2.09 bits per heavy atom. The molecule has 0 aliphatic carbocycles. The van der Waals surface area contributed by atoms with Crippen LogP contribution < -0.4 is 14.4 Å². The van der Waals surface area contributed by atoms with E-state index in [2.05, 4.69) is 0 Å². The average Bonchev–Trinajstić information content (AvgIpc) is 2.87. The predicted molar refractivity (Wildman–Crippen MR) is 84.8 cm³/mol. The van der Waals surface area contributed by atoms with E-state index in [1.807, 2.05) is 0 Å². The van der Waals surface area contributed by atoms with Crippen molar-refractivity contribution in [3.05, 3.63) is 18.2 Å². The van der Waals surface area contributed by atoms with E-state index < -0.39 is 15.9 Å². The van der Waals surface area contributed by atoms with Crippen LogP contribution in [0.1, 0.15) is 6.42 Å². The summed E-state index contributed by atoms with van der Waals surface area (Å²) in [6, 6.07) is 4.58. The zero-order valence-corrected chi connectivity index (χ0v) is 14.0. The largest absolute Gasteiger partial charge is 0.497 e. The zero-order chi connectivity index (χ0) is 16.3. The van der Waals surface area contributed by atoms with Crippen LogP contribution in [0.3, 0.4) is 0 Å². The number of halogens is 1. The van der Waals surface area contributed by atoms with Gasteiger partial charge in [0.2, 0.25) is 5.91 Å². The van der Waals surface area contributed by atoms with Gasteiger partial charge in [0.25, 0.3) is 0 Å². The lowest BCUT2D eigenvalue weighted by atomic mass is 10.1. The first-order valence-electron chi connectivity index (χ1n) is 6.72. The molecule has 0 unspecified atom stereocenters. The predicted octanol–water partition coefficient (Wildman–Crippen LogP) is 1.46. The number of anilines is 1. The van der Waals surface area contributed by atoms with E-state index in [0.717, 1.165) is 0 Å². The fraction of sp³-hybridized carbons (Fsp3) is 0.500. The highest BCUT2D eigenvalue weighted by Gasteiger charge is 2.36. The number of methoxy groups -OCH3 is 2. The molecule has 122 valence electrons. The summed E-state index contributed by atoms with van der Waals surface area (Å²) in [5.74, 6) is 0.436. The first-order valence-corrected chi connectivity index (χ1v) is 9.08. The van der Waals surface area contributed by atoms with E-state index >= 15 is 0 Å². The first-order chi connectivity index (χ1) is 10.4. The Morgan fingerprint density at radius 3 is 2.59 bits per heavy atom. The summed E-state index contributed by atoms with van der Waals surface area (Å²) in [7, 11) is -0.118. The Morgan fingerprint density at radius 1 is 1.36 bits per heavy atom. The summed E-state index contributed by atoms with van der Waals surface area (Å²) in [4.78, 5) is 13.7. The number of hydrogen-bond donors (Lipinski definition) is 0. The summed E-state index contributed by atoms with van der Waals surface area (Å²) in [6.45, 7) is 0. The van der Waals surface area contributed by atoms with Gasteiger partial charge in [-0.2, -0.15) is 0 Å². The second-order valence-corrected chi connectivity index (χ2v) is 7.49. The quantitative estimate of drug-likeness (QED) is 0.754. The Kier molecular flexibility index (Phi) is 5.18. The molecule has 0 radical (unpaired) electrons. The number of carbonyl (C=O) groups is 1. The van der Waals surface area contributed by atoms with E-state index in [-0.39, 0.29) is 23.3 Å². The van der Waals surface area contributed by atoms with E-state index in [4.69, 9.17) is 21.1 Å². The number of nitrogens with zero attached hydrogens (tertiary/aromatic N) is 1. The molecular formula is C14H18ClNO5S. The number of rotatable bonds is 5. The summed E-state index contributed by atoms with van der Waals surface area (Å²) < 4.78 is 33.9. The zero-order valence-electron chi connectivity index (χ0n) is 12.4. The molecule has 0 bridgehead atoms. The fourth-order valence-corrected chi connectivity index (χ4v) is 4.39. The highest BCUT2D eigenvalue weighted by atomic mass is 35.5. The van der Waals surface area contributed by atoms with Gasteiger partial charge in [-0.1, -0.05) is 0 Å². The van der Waals surface area contributed by atoms with Gasteiger partial charge >= 0.3 is 0 Å². The number of sulfone groups is 1. The third-order valence-corrected chi connectivity index (χ3v) is 5.58. The average molecular weight is 348 g/mol. The van der Waals surface area contributed by atoms with Gasteiger partial charge in [-0.25, -0.2) is 8.42 Å². The number of benzene rings is 1. The Bertz CT molecular complexity index is 661. The number of amides is 1. The van der Waals surface area contributed by atoms with Crippen molar-refractivity contribution in [1.29, 1.82) is 0 Å². The molecule has 0 N–H and O–H groups in total. The molecule has 0 aromatic heterocycles. The molecule has 1 aromatic carbocycles. The van der Waals surface area contributed by atoms with Crippen molar-refractivity contribution >= 4 is 33.0 Å². The van der Waals surface area contributed by atoms with Crippen LogP contribution in [0.4, 0.5) is 5.69 Å². The maximum absolute atomic E-state index is 12.2. The smallest absolute Gasteiger partial charge is 0.242 e. The van der Waals surface area contributed by atoms with Crippen molar-refractivity contribution < 1.29 is 22.7 Å². The van der Waals surface area contributed by atoms with Crippen LogP contribution in [0.5, 0.6) is 11.5 Å². The second kappa shape index (κ2) is 6.75. The Hall–Kier alpha value is -1.47. The molecule has 1 fully saturated rings. The highest BCUT2D eigenvalue weighted by Crippen LogP contribution is 2.35. The van der Waals surface area contributed by atoms with Crippen molar-refractivity contribution in [2.75, 3.05) is 36.5 Å². The van der Waals surface area contributed by atoms with E-state index in [1.54, 1.807) is 18.2 Å². The lowest BCUT2D eigenvalue weighted by Crippen LogP contribution is -2.42. The van der Waals surface area contributed by atoms with Crippen molar-refractivity contribution in [1.82, 2.24) is 0 Å². The molecule has 0 spiro atoms. The normalized spacial score (nSPS) is 19.7. The minimum atomic E-state index is -3.13. The van der Waals surface area contributed by atoms with Crippen LogP contribution >= 0.6 is 11.6 Å². The summed E-state index contributed by atoms with van der Waals surface area (Å²) >= 11 is 5.69. The summed E-state index contributed by atoms with van der Waals surface area (Å²) in [6.07, 6.45) is 0.389. The summed E-state index contributed by atoms with van der Waals surface area (Å²) in [5.41, 5.74) is 0.496. The molecule has 1 aliphatic heterocycles. The van der Waals surface area contributed by atoms with Crippen molar-refractivity contribution in [3.63, 3.8) is 0 Å². The number of alkyl halides is 1. The Labute approximate surface area is 134 Å². The molecule has 2 rings (SSSR count). The van der Waals surface area contributed by atoms with Gasteiger partial charge in [-0.05, 0) is 18.6 Å². The topological polar surface area (TPSA) is 72.9 Å². The standard InChI is InChI=1S/C14H18ClNO5S/c1-20-11-3-4-12(13(7-11)21-2)16(14(17)8-15)10-5-6-22(18,19)9-10/h3-4,7,10H,5-6,8-9H2,1-2H3/t10-/m1/s1. The van der Waals surface area contributed by atoms with Gasteiger partial charge in [0, 0.05) is 6.07 Å². The number of carbonyl (C=O) groups excluding carboxylic acids is 1. The van der Waals surface area contributed by atoms with Crippen LogP contribution in [0.2, 0.25) is 0 Å². The Balaban J connectivity index is 2.44. The van der Waals surface area contributed by atoms with Gasteiger partial charge in [-0.3, -0.25) is 4.79 Å². The van der Waals surface area contributed by atoms with Gasteiger partial charge < -0.3 is 14.4 Å². The van der Waals surface area contributed by atoms with Crippen molar-refractivity contribution in [3.8, 4) is 11.5 Å². The van der Waals surface area contributed by atoms with Crippen LogP contribution in [0.15, 0.2) is 18.2 Å². The number of hydrogen-bond acceptors (Lipinski definition) is 5. The maximum Gasteiger partial charge on any atom is 0.242 e. The molecule has 1 saturated heterocycles. The molecule has 1 atom stereocenters. The molecule has 6 nitrogen and oxygen atoms in total. The van der Waals surface area contributed by atoms with Gasteiger partial charge in [-0.15, -0.1) is 11.6 Å². The van der Waals surface area contributed by atoms with Gasteiger partial charge in [0.15, 0.2) is 9.84 Å². The third kappa shape index (κ3) is 3.47. The minimum Gasteiger partial charge on any atom is -0.497 e. The summed E-state index contributed by atoms with van der Waals surface area (Å²) in [5, 5.41) is 0. The molecule has 1 aliphatic rings. The van der Waals surface area contributed by atoms with E-state index in [9.17, 15) is 13.2 Å². The molecule has 1 amide bonds. The van der Waals surface area contributed by atoms with Crippen LogP contribution in [0, 0.1) is 0 Å². The molecular weight excluding hydrogens is 330 g/mol. The van der Waals surface area contributed by atoms with Gasteiger partial charge in [0.05, 0.1) is 37.5 Å². The van der Waals surface area contributed by atoms with Gasteiger partial charge in [0.1, 0.15) is 17.4 Å². The monoisotopic (exact) mass is 347 g/mol. The van der Waals surface area contributed by atoms with Crippen molar-refractivity contribution in [2.45, 2.75) is 12.5 Å². The lowest BCUT2D eigenvalue weighted by Gasteiger charge is -2.29. The molecule has 0 saturated carbocycles. The van der Waals surface area contributed by atoms with Crippen LogP contribution in [-0.2, 0) is 14.6 Å². The van der Waals surface area contributed by atoms with E-state index in [1.165, 1.54) is 19.1 Å². The highest BCUT2D eigenvalue weighted by molar-refractivity contribution is 7.91. The van der Waals surface area contributed by atoms with Crippen molar-refractivity contribution in [2.24, 2.45) is 0 Å². The molecule has 8 heteroatoms. The molecule has 1 aromatic rings. The maximum atomic E-state index is 12.2. The lowest BCUT2D eigenvalue weighted by molar-refractivity contribution is -0.116. The molecule has 1 heterocycles. The second-order valence-electron chi connectivity index (χ2n) is 4.99. The first kappa shape index (κ1) is 16.9. The third-order valence-electron chi connectivity index (χ3n) is 3.60. The van der Waals surface area contributed by atoms with E-state index in [0.29, 0.717) is 23.6 Å². The SMILES string of the molecule is COc1ccc(N(C(=O)CCl)[C@@H]2CCS(=O)(=O)C2)c(OC)c1. The molecule has 22 heavy (non-hydrogen) atoms. The van der Waals surface area contributed by atoms with Crippen LogP contribution in [-0.4, -0.2) is 52.0 Å². The van der Waals surface area contributed by atoms with Crippen LogP contribution in [0.25, 0.3) is 0 Å².